The van der Waals surface area contributed by atoms with Gasteiger partial charge in [-0.1, -0.05) is 49.6 Å². The summed E-state index contributed by atoms with van der Waals surface area (Å²) in [6.07, 6.45) is 7.79. The van der Waals surface area contributed by atoms with Crippen LogP contribution in [0.2, 0.25) is 0 Å². The minimum Gasteiger partial charge on any atom is -0.335 e. The number of benzene rings is 1. The first-order valence-corrected chi connectivity index (χ1v) is 8.30. The van der Waals surface area contributed by atoms with Gasteiger partial charge in [0.1, 0.15) is 0 Å². The van der Waals surface area contributed by atoms with Crippen molar-refractivity contribution in [2.45, 2.75) is 57.5 Å². The van der Waals surface area contributed by atoms with E-state index >= 15 is 0 Å². The fraction of sp³-hybridized carbons (Fsp3) is 0.611. The second-order valence-corrected chi connectivity index (χ2v) is 6.69. The molecule has 3 nitrogen and oxygen atoms in total. The molecule has 3 heteroatoms. The van der Waals surface area contributed by atoms with Gasteiger partial charge in [0.05, 0.1) is 5.41 Å². The smallest absolute Gasteiger partial charge is 0.230 e. The molecule has 1 amide bonds. The van der Waals surface area contributed by atoms with Crippen LogP contribution in [0.4, 0.5) is 0 Å². The van der Waals surface area contributed by atoms with Gasteiger partial charge in [0.15, 0.2) is 0 Å². The Hall–Kier alpha value is -1.35. The Morgan fingerprint density at radius 2 is 1.81 bits per heavy atom. The van der Waals surface area contributed by atoms with Crippen molar-refractivity contribution in [1.82, 2.24) is 4.90 Å². The van der Waals surface area contributed by atoms with Crippen molar-refractivity contribution >= 4 is 5.91 Å². The monoisotopic (exact) mass is 286 g/mol. The number of carbonyl (C=O) groups is 1. The summed E-state index contributed by atoms with van der Waals surface area (Å²) in [4.78, 5) is 15.3. The Kier molecular flexibility index (Phi) is 4.29. The molecular weight excluding hydrogens is 260 g/mol. The standard InChI is InChI=1S/C18H26N2O/c19-14-18(11-5-2-6-12-18)17(21)20(16-9-10-16)13-15-7-3-1-4-8-15/h1,3-4,7-8,16H,2,5-6,9-14,19H2. The fourth-order valence-corrected chi connectivity index (χ4v) is 3.57. The summed E-state index contributed by atoms with van der Waals surface area (Å²) >= 11 is 0. The molecule has 0 spiro atoms. The van der Waals surface area contributed by atoms with E-state index in [1.807, 2.05) is 18.2 Å². The number of nitrogens with two attached hydrogens (primary N) is 1. The molecule has 2 N–H and O–H groups in total. The van der Waals surface area contributed by atoms with E-state index in [2.05, 4.69) is 17.0 Å². The van der Waals surface area contributed by atoms with Crippen LogP contribution in [-0.4, -0.2) is 23.4 Å². The molecule has 114 valence electrons. The van der Waals surface area contributed by atoms with Gasteiger partial charge >= 0.3 is 0 Å². The Morgan fingerprint density at radius 1 is 1.14 bits per heavy atom. The first kappa shape index (κ1) is 14.6. The third-order valence-electron chi connectivity index (χ3n) is 5.10. The van der Waals surface area contributed by atoms with Crippen molar-refractivity contribution < 1.29 is 4.79 Å². The molecule has 1 aromatic rings. The van der Waals surface area contributed by atoms with Gasteiger partial charge < -0.3 is 10.6 Å². The van der Waals surface area contributed by atoms with Crippen LogP contribution in [0.15, 0.2) is 30.3 Å². The molecule has 0 bridgehead atoms. The average molecular weight is 286 g/mol. The number of carbonyl (C=O) groups excluding carboxylic acids is 1. The van der Waals surface area contributed by atoms with Crippen LogP contribution in [0.25, 0.3) is 0 Å². The SMILES string of the molecule is NCC1(C(=O)N(Cc2ccccc2)C2CC2)CCCCC1. The van der Waals surface area contributed by atoms with Crippen LogP contribution < -0.4 is 5.73 Å². The van der Waals surface area contributed by atoms with E-state index < -0.39 is 0 Å². The van der Waals surface area contributed by atoms with Crippen LogP contribution >= 0.6 is 0 Å². The number of hydrogen-bond acceptors (Lipinski definition) is 2. The highest BCUT2D eigenvalue weighted by Gasteiger charge is 2.44. The topological polar surface area (TPSA) is 46.3 Å². The molecular formula is C18H26N2O. The summed E-state index contributed by atoms with van der Waals surface area (Å²) < 4.78 is 0. The molecule has 0 heterocycles. The second-order valence-electron chi connectivity index (χ2n) is 6.69. The zero-order valence-electron chi connectivity index (χ0n) is 12.8. The Balaban J connectivity index is 1.78. The van der Waals surface area contributed by atoms with E-state index in [1.165, 1.54) is 12.0 Å². The first-order valence-electron chi connectivity index (χ1n) is 8.30. The van der Waals surface area contributed by atoms with Gasteiger partial charge in [-0.2, -0.15) is 0 Å². The Morgan fingerprint density at radius 3 is 2.38 bits per heavy atom. The lowest BCUT2D eigenvalue weighted by atomic mass is 9.73. The van der Waals surface area contributed by atoms with Gasteiger partial charge in [0, 0.05) is 19.1 Å². The summed E-state index contributed by atoms with van der Waals surface area (Å²) in [5.41, 5.74) is 6.98. The van der Waals surface area contributed by atoms with Crippen molar-refractivity contribution in [3.8, 4) is 0 Å². The van der Waals surface area contributed by atoms with Crippen LogP contribution in [-0.2, 0) is 11.3 Å². The minimum atomic E-state index is -0.282. The van der Waals surface area contributed by atoms with Gasteiger partial charge in [0.25, 0.3) is 0 Å². The summed E-state index contributed by atoms with van der Waals surface area (Å²) in [6.45, 7) is 1.25. The zero-order chi connectivity index (χ0) is 14.7. The van der Waals surface area contributed by atoms with Crippen LogP contribution in [0.3, 0.4) is 0 Å². The molecule has 0 aliphatic heterocycles. The molecule has 2 aliphatic carbocycles. The van der Waals surface area contributed by atoms with Crippen LogP contribution in [0.1, 0.15) is 50.5 Å². The van der Waals surface area contributed by atoms with E-state index in [-0.39, 0.29) is 5.41 Å². The Bertz CT molecular complexity index is 475. The molecule has 2 fully saturated rings. The molecule has 21 heavy (non-hydrogen) atoms. The molecule has 0 saturated heterocycles. The van der Waals surface area contributed by atoms with Gasteiger partial charge in [-0.15, -0.1) is 0 Å². The molecule has 0 radical (unpaired) electrons. The van der Waals surface area contributed by atoms with E-state index in [0.717, 1.165) is 45.1 Å². The summed E-state index contributed by atoms with van der Waals surface area (Å²) in [5.74, 6) is 0.316. The summed E-state index contributed by atoms with van der Waals surface area (Å²) in [7, 11) is 0. The van der Waals surface area contributed by atoms with Crippen molar-refractivity contribution in [2.24, 2.45) is 11.1 Å². The average Bonchev–Trinajstić information content (AvgIpc) is 3.38. The van der Waals surface area contributed by atoms with Crippen molar-refractivity contribution in [3.63, 3.8) is 0 Å². The molecule has 0 aromatic heterocycles. The van der Waals surface area contributed by atoms with Crippen LogP contribution in [0.5, 0.6) is 0 Å². The summed E-state index contributed by atoms with van der Waals surface area (Å²) in [5, 5.41) is 0. The maximum Gasteiger partial charge on any atom is 0.230 e. The molecule has 1 aromatic carbocycles. The normalized spacial score (nSPS) is 21.0. The molecule has 3 rings (SSSR count). The first-order chi connectivity index (χ1) is 10.2. The Labute approximate surface area is 127 Å². The molecule has 2 saturated carbocycles. The van der Waals surface area contributed by atoms with Gasteiger partial charge in [0.2, 0.25) is 5.91 Å². The molecule has 0 atom stereocenters. The third kappa shape index (κ3) is 3.13. The van der Waals surface area contributed by atoms with E-state index in [4.69, 9.17) is 5.73 Å². The summed E-state index contributed by atoms with van der Waals surface area (Å²) in [6, 6.07) is 10.8. The van der Waals surface area contributed by atoms with Crippen LogP contribution in [0, 0.1) is 5.41 Å². The fourth-order valence-electron chi connectivity index (χ4n) is 3.57. The highest BCUT2D eigenvalue weighted by atomic mass is 16.2. The largest absolute Gasteiger partial charge is 0.335 e. The highest BCUT2D eigenvalue weighted by Crippen LogP contribution is 2.40. The highest BCUT2D eigenvalue weighted by molar-refractivity contribution is 5.83. The predicted octanol–water partition coefficient (Wildman–Crippen LogP) is 3.09. The van der Waals surface area contributed by atoms with Crippen molar-refractivity contribution in [2.75, 3.05) is 6.54 Å². The lowest BCUT2D eigenvalue weighted by Gasteiger charge is -2.39. The maximum atomic E-state index is 13.2. The van der Waals surface area contributed by atoms with E-state index in [0.29, 0.717) is 18.5 Å². The minimum absolute atomic E-state index is 0.282. The lowest BCUT2D eigenvalue weighted by molar-refractivity contribution is -0.145. The predicted molar refractivity (Wildman–Crippen MR) is 84.6 cm³/mol. The van der Waals surface area contributed by atoms with Crippen molar-refractivity contribution in [1.29, 1.82) is 0 Å². The van der Waals surface area contributed by atoms with Gasteiger partial charge in [-0.3, -0.25) is 4.79 Å². The lowest BCUT2D eigenvalue weighted by Crippen LogP contribution is -2.49. The third-order valence-corrected chi connectivity index (χ3v) is 5.10. The number of nitrogens with zero attached hydrogens (tertiary/aromatic N) is 1. The van der Waals surface area contributed by atoms with Crippen molar-refractivity contribution in [3.05, 3.63) is 35.9 Å². The number of hydrogen-bond donors (Lipinski definition) is 1. The van der Waals surface area contributed by atoms with E-state index in [1.54, 1.807) is 0 Å². The van der Waals surface area contributed by atoms with E-state index in [9.17, 15) is 4.79 Å². The number of rotatable bonds is 5. The zero-order valence-corrected chi connectivity index (χ0v) is 12.8. The molecule has 2 aliphatic rings. The quantitative estimate of drug-likeness (QED) is 0.904. The molecule has 0 unspecified atom stereocenters. The number of amides is 1. The van der Waals surface area contributed by atoms with Gasteiger partial charge in [-0.25, -0.2) is 0 Å². The maximum absolute atomic E-state index is 13.2. The second kappa shape index (κ2) is 6.18. The van der Waals surface area contributed by atoms with Gasteiger partial charge in [-0.05, 0) is 31.2 Å².